The number of hydrogen-bond donors (Lipinski definition) is 2. The van der Waals surface area contributed by atoms with Crippen LogP contribution < -0.4 is 10.5 Å². The molecule has 1 aromatic carbocycles. The van der Waals surface area contributed by atoms with Crippen LogP contribution in [0.4, 0.5) is 0 Å². The van der Waals surface area contributed by atoms with Crippen LogP contribution in [-0.4, -0.2) is 18.6 Å². The first-order valence-electron chi connectivity index (χ1n) is 5.68. The number of hydrogen-bond acceptors (Lipinski definition) is 6. The lowest BCUT2D eigenvalue weighted by atomic mass is 10.1. The highest BCUT2D eigenvalue weighted by atomic mass is 35.5. The van der Waals surface area contributed by atoms with Crippen molar-refractivity contribution in [3.05, 3.63) is 40.5 Å². The van der Waals surface area contributed by atoms with E-state index >= 15 is 0 Å². The van der Waals surface area contributed by atoms with Gasteiger partial charge in [-0.15, -0.1) is 0 Å². The predicted octanol–water partition coefficient (Wildman–Crippen LogP) is 0.969. The lowest BCUT2D eigenvalue weighted by Crippen LogP contribution is -2.25. The van der Waals surface area contributed by atoms with Gasteiger partial charge in [0.2, 0.25) is 16.4 Å². The molecule has 1 heterocycles. The van der Waals surface area contributed by atoms with Crippen molar-refractivity contribution in [1.82, 2.24) is 14.9 Å². The maximum absolute atomic E-state index is 12.3. The van der Waals surface area contributed by atoms with E-state index in [2.05, 4.69) is 19.4 Å². The van der Waals surface area contributed by atoms with Crippen molar-refractivity contribution in [3.63, 3.8) is 0 Å². The average Bonchev–Trinajstić information content (AvgIpc) is 2.92. The summed E-state index contributed by atoms with van der Waals surface area (Å²) in [5.74, 6) is 0.243. The molecule has 0 fully saturated rings. The summed E-state index contributed by atoms with van der Waals surface area (Å²) in [5, 5.41) is 3.84. The van der Waals surface area contributed by atoms with Gasteiger partial charge in [-0.2, -0.15) is 4.98 Å². The first kappa shape index (κ1) is 14.9. The first-order chi connectivity index (χ1) is 9.44. The summed E-state index contributed by atoms with van der Waals surface area (Å²) in [4.78, 5) is 3.83. The van der Waals surface area contributed by atoms with Crippen LogP contribution in [0.3, 0.4) is 0 Å². The molecule has 108 valence electrons. The largest absolute Gasteiger partial charge is 0.343 e. The van der Waals surface area contributed by atoms with Crippen LogP contribution in [0.25, 0.3) is 0 Å². The summed E-state index contributed by atoms with van der Waals surface area (Å²) in [6, 6.07) is 3.03. The molecule has 0 amide bonds. The number of halogens is 1. The lowest BCUT2D eigenvalue weighted by molar-refractivity contribution is 0.409. The SMILES string of the molecule is Cc1c(CN)cc(Cl)cc1S(=O)(=O)NCc1ncon1. The molecular formula is C11H13ClN4O3S. The summed E-state index contributed by atoms with van der Waals surface area (Å²) in [5.41, 5.74) is 6.82. The fourth-order valence-corrected chi connectivity index (χ4v) is 3.30. The number of rotatable bonds is 5. The highest BCUT2D eigenvalue weighted by Gasteiger charge is 2.20. The van der Waals surface area contributed by atoms with Gasteiger partial charge < -0.3 is 10.3 Å². The minimum absolute atomic E-state index is 0.0667. The zero-order valence-corrected chi connectivity index (χ0v) is 12.2. The number of nitrogens with zero attached hydrogens (tertiary/aromatic N) is 2. The minimum atomic E-state index is -3.73. The van der Waals surface area contributed by atoms with Crippen LogP contribution in [-0.2, 0) is 23.1 Å². The predicted molar refractivity (Wildman–Crippen MR) is 72.4 cm³/mol. The molecule has 2 rings (SSSR count). The molecule has 1 aromatic heterocycles. The molecule has 0 unspecified atom stereocenters. The van der Waals surface area contributed by atoms with Crippen LogP contribution in [0.15, 0.2) is 27.9 Å². The Balaban J connectivity index is 2.31. The van der Waals surface area contributed by atoms with Crippen LogP contribution in [0.5, 0.6) is 0 Å². The second-order valence-electron chi connectivity index (χ2n) is 4.06. The van der Waals surface area contributed by atoms with Crippen molar-refractivity contribution in [2.75, 3.05) is 0 Å². The first-order valence-corrected chi connectivity index (χ1v) is 7.54. The molecular weight excluding hydrogens is 304 g/mol. The zero-order chi connectivity index (χ0) is 14.8. The molecule has 2 aromatic rings. The van der Waals surface area contributed by atoms with Gasteiger partial charge in [0.15, 0.2) is 5.82 Å². The fraction of sp³-hybridized carbons (Fsp3) is 0.273. The van der Waals surface area contributed by atoms with Gasteiger partial charge in [-0.3, -0.25) is 0 Å². The summed E-state index contributed by atoms with van der Waals surface area (Å²) >= 11 is 5.92. The molecule has 0 saturated heterocycles. The highest BCUT2D eigenvalue weighted by Crippen LogP contribution is 2.24. The molecule has 3 N–H and O–H groups in total. The molecule has 20 heavy (non-hydrogen) atoms. The van der Waals surface area contributed by atoms with Crippen molar-refractivity contribution in [2.45, 2.75) is 24.9 Å². The quantitative estimate of drug-likeness (QED) is 0.850. The second kappa shape index (κ2) is 5.88. The van der Waals surface area contributed by atoms with Crippen LogP contribution >= 0.6 is 11.6 Å². The maximum atomic E-state index is 12.3. The lowest BCUT2D eigenvalue weighted by Gasteiger charge is -2.12. The van der Waals surface area contributed by atoms with Crippen LogP contribution in [0.1, 0.15) is 17.0 Å². The van der Waals surface area contributed by atoms with E-state index in [1.165, 1.54) is 6.07 Å². The Labute approximate surface area is 121 Å². The molecule has 7 nitrogen and oxygen atoms in total. The molecule has 0 atom stereocenters. The van der Waals surface area contributed by atoms with Crippen molar-refractivity contribution < 1.29 is 12.9 Å². The van der Waals surface area contributed by atoms with Gasteiger partial charge in [0.25, 0.3) is 0 Å². The van der Waals surface area contributed by atoms with E-state index in [4.69, 9.17) is 17.3 Å². The monoisotopic (exact) mass is 316 g/mol. The van der Waals surface area contributed by atoms with Crippen LogP contribution in [0.2, 0.25) is 5.02 Å². The van der Waals surface area contributed by atoms with Gasteiger partial charge >= 0.3 is 0 Å². The number of sulfonamides is 1. The van der Waals surface area contributed by atoms with Crippen LogP contribution in [0, 0.1) is 6.92 Å². The third kappa shape index (κ3) is 3.15. The van der Waals surface area contributed by atoms with E-state index in [1.807, 2.05) is 0 Å². The molecule has 0 aliphatic heterocycles. The van der Waals surface area contributed by atoms with E-state index in [1.54, 1.807) is 13.0 Å². The van der Waals surface area contributed by atoms with Crippen molar-refractivity contribution in [2.24, 2.45) is 5.73 Å². The van der Waals surface area contributed by atoms with Crippen molar-refractivity contribution in [3.8, 4) is 0 Å². The fourth-order valence-electron chi connectivity index (χ4n) is 1.71. The molecule has 0 saturated carbocycles. The standard InChI is InChI=1S/C11H13ClN4O3S/c1-7-8(4-13)2-9(12)3-10(7)20(17,18)15-5-11-14-6-19-16-11/h2-3,6,15H,4-5,13H2,1H3. The molecule has 0 aliphatic rings. The number of aromatic nitrogens is 2. The van der Waals surface area contributed by atoms with E-state index in [0.29, 0.717) is 16.1 Å². The Bertz CT molecular complexity index is 701. The Morgan fingerprint density at radius 2 is 2.20 bits per heavy atom. The third-order valence-electron chi connectivity index (χ3n) is 2.77. The van der Waals surface area contributed by atoms with E-state index in [-0.39, 0.29) is 23.8 Å². The third-order valence-corrected chi connectivity index (χ3v) is 4.51. The summed E-state index contributed by atoms with van der Waals surface area (Å²) in [6.07, 6.45) is 1.13. The Kier molecular flexibility index (Phi) is 4.39. The second-order valence-corrected chi connectivity index (χ2v) is 6.24. The summed E-state index contributed by atoms with van der Waals surface area (Å²) < 4.78 is 31.5. The summed E-state index contributed by atoms with van der Waals surface area (Å²) in [6.45, 7) is 1.82. The normalized spacial score (nSPS) is 11.8. The average molecular weight is 317 g/mol. The van der Waals surface area contributed by atoms with Gasteiger partial charge in [-0.1, -0.05) is 16.8 Å². The zero-order valence-electron chi connectivity index (χ0n) is 10.6. The van der Waals surface area contributed by atoms with E-state index in [9.17, 15) is 8.42 Å². The molecule has 0 bridgehead atoms. The van der Waals surface area contributed by atoms with Crippen molar-refractivity contribution in [1.29, 1.82) is 0 Å². The van der Waals surface area contributed by atoms with Crippen molar-refractivity contribution >= 4 is 21.6 Å². The molecule has 0 radical (unpaired) electrons. The molecule has 0 spiro atoms. The number of nitrogens with two attached hydrogens (primary N) is 1. The molecule has 0 aliphatic carbocycles. The van der Waals surface area contributed by atoms with Gasteiger partial charge in [-0.25, -0.2) is 13.1 Å². The van der Waals surface area contributed by atoms with Gasteiger partial charge in [0, 0.05) is 11.6 Å². The topological polar surface area (TPSA) is 111 Å². The Morgan fingerprint density at radius 3 is 2.80 bits per heavy atom. The van der Waals surface area contributed by atoms with Gasteiger partial charge in [0.1, 0.15) is 0 Å². The van der Waals surface area contributed by atoms with Gasteiger partial charge in [0.05, 0.1) is 11.4 Å². The van der Waals surface area contributed by atoms with Gasteiger partial charge in [-0.05, 0) is 30.2 Å². The maximum Gasteiger partial charge on any atom is 0.241 e. The van der Waals surface area contributed by atoms with E-state index < -0.39 is 10.0 Å². The Morgan fingerprint density at radius 1 is 1.45 bits per heavy atom. The number of benzene rings is 1. The summed E-state index contributed by atoms with van der Waals surface area (Å²) in [7, 11) is -3.73. The number of nitrogens with one attached hydrogen (secondary N) is 1. The van der Waals surface area contributed by atoms with E-state index in [0.717, 1.165) is 6.39 Å². The highest BCUT2D eigenvalue weighted by molar-refractivity contribution is 7.89. The molecule has 9 heteroatoms. The Hall–Kier alpha value is -1.48. The minimum Gasteiger partial charge on any atom is -0.343 e. The smallest absolute Gasteiger partial charge is 0.241 e.